The standard InChI is InChI=1S/C18H20O5/c1-12-8-16(21-2)17(22-3)9-15(12)11-23-18(20)14-6-4-13(10-19)5-7-14/h4-9,19H,10-11H2,1-3H3. The monoisotopic (exact) mass is 316 g/mol. The highest BCUT2D eigenvalue weighted by atomic mass is 16.5. The van der Waals surface area contributed by atoms with E-state index in [0.29, 0.717) is 17.1 Å². The lowest BCUT2D eigenvalue weighted by Gasteiger charge is -2.13. The van der Waals surface area contributed by atoms with Gasteiger partial charge < -0.3 is 19.3 Å². The molecule has 0 unspecified atom stereocenters. The van der Waals surface area contributed by atoms with Crippen LogP contribution in [0.15, 0.2) is 36.4 Å². The third kappa shape index (κ3) is 4.02. The molecule has 5 nitrogen and oxygen atoms in total. The summed E-state index contributed by atoms with van der Waals surface area (Å²) in [5.41, 5.74) is 2.99. The number of hydrogen-bond donors (Lipinski definition) is 1. The number of hydrogen-bond acceptors (Lipinski definition) is 5. The molecule has 2 rings (SSSR count). The number of carbonyl (C=O) groups is 1. The average molecular weight is 316 g/mol. The second-order valence-electron chi connectivity index (χ2n) is 5.06. The lowest BCUT2D eigenvalue weighted by Crippen LogP contribution is -2.06. The van der Waals surface area contributed by atoms with Crippen LogP contribution in [0.5, 0.6) is 11.5 Å². The van der Waals surface area contributed by atoms with Crippen molar-refractivity contribution in [1.29, 1.82) is 0 Å². The molecule has 23 heavy (non-hydrogen) atoms. The molecular weight excluding hydrogens is 296 g/mol. The number of aliphatic hydroxyl groups is 1. The van der Waals surface area contributed by atoms with E-state index in [1.165, 1.54) is 0 Å². The summed E-state index contributed by atoms with van der Waals surface area (Å²) in [4.78, 5) is 12.1. The maximum atomic E-state index is 12.1. The zero-order chi connectivity index (χ0) is 16.8. The highest BCUT2D eigenvalue weighted by Gasteiger charge is 2.12. The highest BCUT2D eigenvalue weighted by Crippen LogP contribution is 2.30. The van der Waals surface area contributed by atoms with Gasteiger partial charge in [-0.15, -0.1) is 0 Å². The van der Waals surface area contributed by atoms with Crippen LogP contribution in [0.1, 0.15) is 27.0 Å². The lowest BCUT2D eigenvalue weighted by molar-refractivity contribution is 0.0471. The van der Waals surface area contributed by atoms with Crippen molar-refractivity contribution in [3.05, 3.63) is 58.7 Å². The van der Waals surface area contributed by atoms with E-state index < -0.39 is 5.97 Å². The molecule has 2 aromatic rings. The van der Waals surface area contributed by atoms with Crippen LogP contribution < -0.4 is 9.47 Å². The number of ether oxygens (including phenoxy) is 3. The Morgan fingerprint density at radius 3 is 2.22 bits per heavy atom. The minimum atomic E-state index is -0.413. The van der Waals surface area contributed by atoms with Gasteiger partial charge in [-0.1, -0.05) is 12.1 Å². The molecule has 0 saturated carbocycles. The Bertz CT molecular complexity index is 677. The lowest BCUT2D eigenvalue weighted by atomic mass is 10.1. The van der Waals surface area contributed by atoms with Gasteiger partial charge in [0.25, 0.3) is 0 Å². The third-order valence-electron chi connectivity index (χ3n) is 3.57. The summed E-state index contributed by atoms with van der Waals surface area (Å²) < 4.78 is 15.8. The third-order valence-corrected chi connectivity index (χ3v) is 3.57. The van der Waals surface area contributed by atoms with Crippen molar-refractivity contribution in [2.24, 2.45) is 0 Å². The van der Waals surface area contributed by atoms with Gasteiger partial charge >= 0.3 is 5.97 Å². The number of rotatable bonds is 6. The summed E-state index contributed by atoms with van der Waals surface area (Å²) in [6.07, 6.45) is 0. The predicted octanol–water partition coefficient (Wildman–Crippen LogP) is 2.86. The molecule has 0 atom stereocenters. The predicted molar refractivity (Wildman–Crippen MR) is 85.8 cm³/mol. The zero-order valence-electron chi connectivity index (χ0n) is 13.5. The molecule has 0 bridgehead atoms. The number of methoxy groups -OCH3 is 2. The Balaban J connectivity index is 2.09. The van der Waals surface area contributed by atoms with Gasteiger partial charge in [-0.2, -0.15) is 0 Å². The minimum absolute atomic E-state index is 0.0554. The SMILES string of the molecule is COc1cc(C)c(COC(=O)c2ccc(CO)cc2)cc1OC. The Labute approximate surface area is 135 Å². The quantitative estimate of drug-likeness (QED) is 0.830. The van der Waals surface area contributed by atoms with E-state index in [4.69, 9.17) is 19.3 Å². The zero-order valence-corrected chi connectivity index (χ0v) is 13.5. The van der Waals surface area contributed by atoms with Gasteiger partial charge in [-0.05, 0) is 47.9 Å². The minimum Gasteiger partial charge on any atom is -0.493 e. The van der Waals surface area contributed by atoms with E-state index in [2.05, 4.69) is 0 Å². The Hall–Kier alpha value is -2.53. The molecule has 0 aliphatic carbocycles. The van der Waals surface area contributed by atoms with Crippen molar-refractivity contribution in [1.82, 2.24) is 0 Å². The van der Waals surface area contributed by atoms with E-state index >= 15 is 0 Å². The average Bonchev–Trinajstić information content (AvgIpc) is 2.60. The van der Waals surface area contributed by atoms with Gasteiger partial charge in [-0.3, -0.25) is 0 Å². The van der Waals surface area contributed by atoms with E-state index in [1.54, 1.807) is 44.6 Å². The molecule has 1 N–H and O–H groups in total. The Morgan fingerprint density at radius 1 is 1.04 bits per heavy atom. The maximum absolute atomic E-state index is 12.1. The molecule has 0 aliphatic rings. The van der Waals surface area contributed by atoms with Gasteiger partial charge in [0, 0.05) is 0 Å². The first-order valence-electron chi connectivity index (χ1n) is 7.17. The molecular formula is C18H20O5. The van der Waals surface area contributed by atoms with E-state index in [1.807, 2.05) is 13.0 Å². The number of esters is 1. The Kier molecular flexibility index (Phi) is 5.60. The van der Waals surface area contributed by atoms with Gasteiger partial charge in [-0.25, -0.2) is 4.79 Å². The van der Waals surface area contributed by atoms with Gasteiger partial charge in [0.2, 0.25) is 0 Å². The van der Waals surface area contributed by atoms with Crippen LogP contribution in [0, 0.1) is 6.92 Å². The summed E-state index contributed by atoms with van der Waals surface area (Å²) in [5.74, 6) is 0.819. The van der Waals surface area contributed by atoms with Crippen LogP contribution >= 0.6 is 0 Å². The van der Waals surface area contributed by atoms with Crippen LogP contribution in [-0.4, -0.2) is 25.3 Å². The summed E-state index contributed by atoms with van der Waals surface area (Å²) in [6.45, 7) is 2.01. The second kappa shape index (κ2) is 7.65. The summed E-state index contributed by atoms with van der Waals surface area (Å²) in [5, 5.41) is 9.00. The molecule has 122 valence electrons. The topological polar surface area (TPSA) is 65.0 Å². The van der Waals surface area contributed by atoms with Crippen molar-refractivity contribution in [2.75, 3.05) is 14.2 Å². The first-order chi connectivity index (χ1) is 11.1. The largest absolute Gasteiger partial charge is 0.493 e. The van der Waals surface area contributed by atoms with Crippen LogP contribution in [0.2, 0.25) is 0 Å². The highest BCUT2D eigenvalue weighted by molar-refractivity contribution is 5.89. The molecule has 0 spiro atoms. The van der Waals surface area contributed by atoms with Gasteiger partial charge in [0.05, 0.1) is 26.4 Å². The number of aliphatic hydroxyl groups excluding tert-OH is 1. The number of carbonyl (C=O) groups excluding carboxylic acids is 1. The fourth-order valence-corrected chi connectivity index (χ4v) is 2.15. The molecule has 0 saturated heterocycles. The van der Waals surface area contributed by atoms with Crippen LogP contribution in [0.3, 0.4) is 0 Å². The molecule has 0 aliphatic heterocycles. The van der Waals surface area contributed by atoms with Crippen LogP contribution in [0.25, 0.3) is 0 Å². The number of benzene rings is 2. The number of aryl methyl sites for hydroxylation is 1. The fourth-order valence-electron chi connectivity index (χ4n) is 2.15. The first kappa shape index (κ1) is 16.8. The van der Waals surface area contributed by atoms with Crippen molar-refractivity contribution in [2.45, 2.75) is 20.1 Å². The fraction of sp³-hybridized carbons (Fsp3) is 0.278. The van der Waals surface area contributed by atoms with E-state index in [0.717, 1.165) is 16.7 Å². The molecule has 2 aromatic carbocycles. The summed E-state index contributed by atoms with van der Waals surface area (Å²) >= 11 is 0. The molecule has 0 fully saturated rings. The normalized spacial score (nSPS) is 10.3. The van der Waals surface area contributed by atoms with E-state index in [-0.39, 0.29) is 13.2 Å². The van der Waals surface area contributed by atoms with Crippen molar-refractivity contribution in [3.8, 4) is 11.5 Å². The smallest absolute Gasteiger partial charge is 0.338 e. The molecule has 0 aromatic heterocycles. The van der Waals surface area contributed by atoms with Crippen LogP contribution in [-0.2, 0) is 18.0 Å². The first-order valence-corrected chi connectivity index (χ1v) is 7.17. The van der Waals surface area contributed by atoms with Crippen molar-refractivity contribution >= 4 is 5.97 Å². The van der Waals surface area contributed by atoms with E-state index in [9.17, 15) is 4.79 Å². The molecule has 5 heteroatoms. The van der Waals surface area contributed by atoms with Crippen molar-refractivity contribution in [3.63, 3.8) is 0 Å². The molecule has 0 heterocycles. The summed E-state index contributed by atoms with van der Waals surface area (Å²) in [6, 6.07) is 10.3. The van der Waals surface area contributed by atoms with Gasteiger partial charge in [0.1, 0.15) is 6.61 Å². The maximum Gasteiger partial charge on any atom is 0.338 e. The van der Waals surface area contributed by atoms with Crippen molar-refractivity contribution < 1.29 is 24.1 Å². The Morgan fingerprint density at radius 2 is 1.65 bits per heavy atom. The molecule has 0 amide bonds. The second-order valence-corrected chi connectivity index (χ2v) is 5.06. The molecule has 0 radical (unpaired) electrons. The summed E-state index contributed by atoms with van der Waals surface area (Å²) in [7, 11) is 3.14. The van der Waals surface area contributed by atoms with Crippen LogP contribution in [0.4, 0.5) is 0 Å². The van der Waals surface area contributed by atoms with Gasteiger partial charge in [0.15, 0.2) is 11.5 Å².